The summed E-state index contributed by atoms with van der Waals surface area (Å²) >= 11 is 6.52. The molecule has 0 spiro atoms. The van der Waals surface area contributed by atoms with E-state index in [9.17, 15) is 14.4 Å². The number of benzene rings is 2. The normalized spacial score (nSPS) is 19.8. The fourth-order valence-corrected chi connectivity index (χ4v) is 7.39. The molecule has 0 radical (unpaired) electrons. The molecule has 0 saturated carbocycles. The van der Waals surface area contributed by atoms with Gasteiger partial charge < -0.3 is 28.9 Å². The molecule has 2 aromatic heterocycles. The number of aromatic nitrogens is 4. The topological polar surface area (TPSA) is 107 Å². The molecule has 5 heterocycles. The Labute approximate surface area is 283 Å². The average molecular weight is 670 g/mol. The van der Waals surface area contributed by atoms with Gasteiger partial charge in [0.05, 0.1) is 42.1 Å². The van der Waals surface area contributed by atoms with Crippen molar-refractivity contribution in [2.24, 2.45) is 0 Å². The number of hydrogen-bond donors (Lipinski definition) is 0. The van der Waals surface area contributed by atoms with Crippen molar-refractivity contribution < 1.29 is 13.9 Å². The van der Waals surface area contributed by atoms with Gasteiger partial charge in [0.2, 0.25) is 0 Å². The van der Waals surface area contributed by atoms with Crippen molar-refractivity contribution in [1.82, 2.24) is 29.3 Å². The molecule has 11 nitrogen and oxygen atoms in total. The summed E-state index contributed by atoms with van der Waals surface area (Å²) < 4.78 is 22.5. The van der Waals surface area contributed by atoms with Crippen LogP contribution in [0.3, 0.4) is 0 Å². The maximum absolute atomic E-state index is 14.6. The summed E-state index contributed by atoms with van der Waals surface area (Å²) in [6.07, 6.45) is 7.80. The maximum atomic E-state index is 14.6. The van der Waals surface area contributed by atoms with Gasteiger partial charge in [-0.1, -0.05) is 36.4 Å². The van der Waals surface area contributed by atoms with Crippen molar-refractivity contribution >= 4 is 45.5 Å². The van der Waals surface area contributed by atoms with Gasteiger partial charge in [0.1, 0.15) is 23.9 Å². The van der Waals surface area contributed by atoms with E-state index in [1.54, 1.807) is 34.3 Å². The number of imidazole rings is 1. The summed E-state index contributed by atoms with van der Waals surface area (Å²) in [4.78, 5) is 35.8. The van der Waals surface area contributed by atoms with Crippen LogP contribution in [0.4, 0.5) is 15.9 Å². The van der Waals surface area contributed by atoms with E-state index in [0.29, 0.717) is 57.1 Å². The summed E-state index contributed by atoms with van der Waals surface area (Å²) in [5, 5.41) is 11.4. The van der Waals surface area contributed by atoms with Crippen molar-refractivity contribution in [3.05, 3.63) is 77.7 Å². The van der Waals surface area contributed by atoms with Crippen molar-refractivity contribution in [2.45, 2.75) is 44.3 Å². The van der Waals surface area contributed by atoms with Crippen LogP contribution < -0.4 is 14.5 Å². The highest BCUT2D eigenvalue weighted by Gasteiger charge is 2.35. The molecule has 0 bridgehead atoms. The quantitative estimate of drug-likeness (QED) is 0.246. The van der Waals surface area contributed by atoms with Gasteiger partial charge in [-0.05, 0) is 50.4 Å². The Morgan fingerprint density at radius 1 is 1.15 bits per heavy atom. The highest BCUT2D eigenvalue weighted by atomic mass is 35.5. The highest BCUT2D eigenvalue weighted by molar-refractivity contribution is 6.36. The van der Waals surface area contributed by atoms with E-state index in [1.165, 1.54) is 6.07 Å². The van der Waals surface area contributed by atoms with Gasteiger partial charge in [-0.15, -0.1) is 0 Å². The molecule has 13 heteroatoms. The third-order valence-corrected chi connectivity index (χ3v) is 10.2. The Hall–Kier alpha value is -4.73. The second-order valence-electron chi connectivity index (χ2n) is 12.6. The van der Waals surface area contributed by atoms with Crippen LogP contribution in [0.25, 0.3) is 16.5 Å². The number of piperazine rings is 1. The van der Waals surface area contributed by atoms with Gasteiger partial charge in [0, 0.05) is 61.3 Å². The molecule has 1 amide bonds. The van der Waals surface area contributed by atoms with E-state index in [2.05, 4.69) is 39.4 Å². The zero-order valence-corrected chi connectivity index (χ0v) is 27.6. The smallest absolute Gasteiger partial charge is 0.318 e. The van der Waals surface area contributed by atoms with Crippen molar-refractivity contribution in [3.8, 4) is 12.1 Å². The maximum Gasteiger partial charge on any atom is 0.318 e. The summed E-state index contributed by atoms with van der Waals surface area (Å²) in [6, 6.07) is 11.5. The number of likely N-dealkylation sites (N-methyl/N-ethyl adjacent to an activating group) is 1. The molecule has 7 rings (SSSR count). The monoisotopic (exact) mass is 669 g/mol. The lowest BCUT2D eigenvalue weighted by Crippen LogP contribution is -2.56. The second kappa shape index (κ2) is 13.4. The van der Waals surface area contributed by atoms with Gasteiger partial charge in [-0.3, -0.25) is 4.79 Å². The third kappa shape index (κ3) is 6.04. The SMILES string of the molecule is C=C(C(=O)N1CCN(c2nc(OC[C@@H]3CCCN3C)nc3c2CCN(c2cccc4ccc(F)c(Cl)c24)C3)C[C@@H]1CC#N)n1ccnc1. The Morgan fingerprint density at radius 3 is 2.79 bits per heavy atom. The zero-order valence-electron chi connectivity index (χ0n) is 26.9. The number of nitriles is 1. The van der Waals surface area contributed by atoms with E-state index in [1.807, 2.05) is 18.2 Å². The number of ether oxygens (including phenoxy) is 1. The molecule has 2 fully saturated rings. The minimum Gasteiger partial charge on any atom is -0.462 e. The minimum absolute atomic E-state index is 0.105. The number of nitrogens with zero attached hydrogens (tertiary/aromatic N) is 9. The van der Waals surface area contributed by atoms with E-state index in [4.69, 9.17) is 26.3 Å². The molecule has 3 aliphatic heterocycles. The van der Waals surface area contributed by atoms with Crippen LogP contribution in [-0.2, 0) is 17.8 Å². The number of carbonyl (C=O) groups is 1. The number of amides is 1. The molecule has 4 aromatic rings. The Bertz CT molecular complexity index is 1900. The second-order valence-corrected chi connectivity index (χ2v) is 13.0. The van der Waals surface area contributed by atoms with Crippen LogP contribution in [0.1, 0.15) is 30.5 Å². The van der Waals surface area contributed by atoms with Crippen LogP contribution in [0.15, 0.2) is 55.6 Å². The lowest BCUT2D eigenvalue weighted by molar-refractivity contribution is -0.128. The van der Waals surface area contributed by atoms with Gasteiger partial charge in [-0.25, -0.2) is 9.37 Å². The van der Waals surface area contributed by atoms with Crippen molar-refractivity contribution in [1.29, 1.82) is 5.26 Å². The Kier molecular flexibility index (Phi) is 8.90. The predicted molar refractivity (Wildman–Crippen MR) is 182 cm³/mol. The molecule has 248 valence electrons. The first kappa shape index (κ1) is 31.8. The molecule has 48 heavy (non-hydrogen) atoms. The fourth-order valence-electron chi connectivity index (χ4n) is 7.13. The van der Waals surface area contributed by atoms with Gasteiger partial charge in [-0.2, -0.15) is 15.2 Å². The van der Waals surface area contributed by atoms with E-state index in [-0.39, 0.29) is 35.1 Å². The molecular weight excluding hydrogens is 633 g/mol. The lowest BCUT2D eigenvalue weighted by Gasteiger charge is -2.42. The van der Waals surface area contributed by atoms with Crippen molar-refractivity contribution in [3.63, 3.8) is 0 Å². The highest BCUT2D eigenvalue weighted by Crippen LogP contribution is 2.38. The fraction of sp³-hybridized carbons (Fsp3) is 0.400. The largest absolute Gasteiger partial charge is 0.462 e. The lowest BCUT2D eigenvalue weighted by atomic mass is 10.0. The van der Waals surface area contributed by atoms with Crippen LogP contribution in [0, 0.1) is 17.1 Å². The summed E-state index contributed by atoms with van der Waals surface area (Å²) in [6.45, 7) is 7.94. The van der Waals surface area contributed by atoms with Crippen LogP contribution in [0.2, 0.25) is 5.02 Å². The molecule has 2 saturated heterocycles. The van der Waals surface area contributed by atoms with E-state index in [0.717, 1.165) is 47.5 Å². The van der Waals surface area contributed by atoms with Gasteiger partial charge in [0.15, 0.2) is 0 Å². The number of halogens is 2. The number of rotatable bonds is 8. The average Bonchev–Trinajstić information content (AvgIpc) is 3.80. The molecule has 0 unspecified atom stereocenters. The Balaban J connectivity index is 1.20. The molecular formula is C35H37ClFN9O2. The summed E-state index contributed by atoms with van der Waals surface area (Å²) in [5.74, 6) is 0.0763. The predicted octanol–water partition coefficient (Wildman–Crippen LogP) is 4.76. The standard InChI is InChI=1S/C35H37ClFN9O2/c1-23(45-16-13-39-22-45)34(47)46-18-17-44(19-25(46)10-12-38)33-27-11-15-43(30-7-3-5-24-8-9-28(37)32(36)31(24)30)20-29(27)40-35(41-33)48-21-26-6-4-14-42(26)2/h3,5,7-9,13,16,22,25-26H,1,4,6,10-11,14-15,17-21H2,2H3/t25-,26-/m0/s1. The third-order valence-electron chi connectivity index (χ3n) is 9.79. The van der Waals surface area contributed by atoms with Gasteiger partial charge >= 0.3 is 6.01 Å². The molecule has 2 aromatic carbocycles. The minimum atomic E-state index is -0.454. The van der Waals surface area contributed by atoms with E-state index < -0.39 is 5.82 Å². The first-order valence-corrected chi connectivity index (χ1v) is 16.6. The van der Waals surface area contributed by atoms with Gasteiger partial charge in [0.25, 0.3) is 5.91 Å². The molecule has 2 atom stereocenters. The number of anilines is 2. The van der Waals surface area contributed by atoms with E-state index >= 15 is 0 Å². The van der Waals surface area contributed by atoms with Crippen molar-refractivity contribution in [2.75, 3.05) is 56.2 Å². The molecule has 0 aliphatic carbocycles. The number of likely N-dealkylation sites (tertiary alicyclic amines) is 1. The van der Waals surface area contributed by atoms with Crippen LogP contribution in [0.5, 0.6) is 6.01 Å². The molecule has 3 aliphatic rings. The van der Waals surface area contributed by atoms with Crippen LogP contribution in [-0.4, -0.2) is 93.7 Å². The number of hydrogen-bond acceptors (Lipinski definition) is 9. The summed E-state index contributed by atoms with van der Waals surface area (Å²) in [7, 11) is 2.10. The number of carbonyl (C=O) groups excluding carboxylic acids is 1. The first-order chi connectivity index (χ1) is 23.3. The number of fused-ring (bicyclic) bond motifs is 2. The summed E-state index contributed by atoms with van der Waals surface area (Å²) in [5.41, 5.74) is 2.96. The Morgan fingerprint density at radius 2 is 2.02 bits per heavy atom. The molecule has 0 N–H and O–H groups in total. The zero-order chi connectivity index (χ0) is 33.4. The first-order valence-electron chi connectivity index (χ1n) is 16.3. The van der Waals surface area contributed by atoms with Crippen LogP contribution >= 0.6 is 11.6 Å².